The molecule has 24 heavy (non-hydrogen) atoms. The molecule has 0 fully saturated rings. The number of alkyl halides is 1. The van der Waals surface area contributed by atoms with E-state index in [9.17, 15) is 14.0 Å². The molecule has 0 spiro atoms. The second kappa shape index (κ2) is 6.57. The number of amides is 1. The molecule has 0 atom stereocenters. The molecule has 0 aliphatic carbocycles. The summed E-state index contributed by atoms with van der Waals surface area (Å²) >= 11 is 0. The molecule has 0 N–H and O–H groups in total. The van der Waals surface area contributed by atoms with Gasteiger partial charge in [0.15, 0.2) is 11.3 Å². The third-order valence-electron chi connectivity index (χ3n) is 3.34. The minimum absolute atomic E-state index is 0.179. The lowest BCUT2D eigenvalue weighted by atomic mass is 10.2. The summed E-state index contributed by atoms with van der Waals surface area (Å²) in [5.74, 6) is -0.918. The average molecular weight is 333 g/mol. The predicted molar refractivity (Wildman–Crippen MR) is 83.3 cm³/mol. The van der Waals surface area contributed by atoms with Gasteiger partial charge in [-0.15, -0.1) is 5.10 Å². The van der Waals surface area contributed by atoms with Crippen LogP contribution >= 0.6 is 0 Å². The van der Waals surface area contributed by atoms with Gasteiger partial charge in [-0.3, -0.25) is 4.79 Å². The number of halogens is 1. The van der Waals surface area contributed by atoms with Gasteiger partial charge in [0.25, 0.3) is 5.91 Å². The van der Waals surface area contributed by atoms with Crippen molar-refractivity contribution in [2.75, 3.05) is 13.7 Å². The lowest BCUT2D eigenvalue weighted by molar-refractivity contribution is 0.0781. The molecule has 1 aromatic carbocycles. The van der Waals surface area contributed by atoms with Crippen LogP contribution in [0.3, 0.4) is 0 Å². The number of hydrogen-bond donors (Lipinski definition) is 0. The largest absolute Gasteiger partial charge is 0.353 e. The topological polar surface area (TPSA) is 85.4 Å². The summed E-state index contributed by atoms with van der Waals surface area (Å²) in [6.07, 6.45) is 1.04. The van der Waals surface area contributed by atoms with Crippen LogP contribution in [0.25, 0.3) is 5.65 Å². The van der Waals surface area contributed by atoms with Gasteiger partial charge < -0.3 is 4.90 Å². The van der Waals surface area contributed by atoms with Crippen molar-refractivity contribution < 1.29 is 13.3 Å². The summed E-state index contributed by atoms with van der Waals surface area (Å²) in [6, 6.07) is 8.59. The average Bonchev–Trinajstić information content (AvgIpc) is 3.06. The fraction of sp³-hybridized carbons (Fsp3) is 0.267. The first-order valence-corrected chi connectivity index (χ1v) is 7.05. The Hall–Kier alpha value is -3.10. The predicted octanol–water partition coefficient (Wildman–Crippen LogP) is 0.528. The highest BCUT2D eigenvalue weighted by Gasteiger charge is 2.21. The highest BCUT2D eigenvalue weighted by atomic mass is 19.1. The lowest BCUT2D eigenvalue weighted by Gasteiger charge is -2.15. The number of imidazole rings is 1. The minimum atomic E-state index is -2.74. The van der Waals surface area contributed by atoms with Crippen LogP contribution in [0.4, 0.5) is 4.39 Å². The van der Waals surface area contributed by atoms with Gasteiger partial charge in [-0.1, -0.05) is 35.5 Å². The first-order valence-electron chi connectivity index (χ1n) is 8.55. The quantitative estimate of drug-likeness (QED) is 0.680. The second-order valence-electron chi connectivity index (χ2n) is 4.95. The molecule has 0 saturated carbocycles. The van der Waals surface area contributed by atoms with Crippen molar-refractivity contribution in [2.45, 2.75) is 13.1 Å². The van der Waals surface area contributed by atoms with Gasteiger partial charge in [-0.25, -0.2) is 18.6 Å². The molecule has 9 heteroatoms. The van der Waals surface area contributed by atoms with E-state index in [0.717, 1.165) is 15.4 Å². The number of carbonyl (C=O) groups is 1. The molecule has 0 aliphatic rings. The van der Waals surface area contributed by atoms with Crippen molar-refractivity contribution in [3.63, 3.8) is 0 Å². The van der Waals surface area contributed by atoms with Gasteiger partial charge in [-0.2, -0.15) is 4.68 Å². The molecule has 3 aromatic rings. The molecular weight excluding hydrogens is 315 g/mol. The summed E-state index contributed by atoms with van der Waals surface area (Å²) in [5, 5.41) is 7.29. The maximum Gasteiger partial charge on any atom is 0.353 e. The van der Waals surface area contributed by atoms with Gasteiger partial charge in [0.2, 0.25) is 0 Å². The van der Waals surface area contributed by atoms with Crippen molar-refractivity contribution in [1.82, 2.24) is 29.3 Å². The summed E-state index contributed by atoms with van der Waals surface area (Å²) in [4.78, 5) is 29.6. The third kappa shape index (κ3) is 2.87. The number of aryl methyl sites for hydroxylation is 1. The van der Waals surface area contributed by atoms with Crippen LogP contribution in [0.1, 0.15) is 20.2 Å². The van der Waals surface area contributed by atoms with Crippen LogP contribution in [0.2, 0.25) is 0 Å². The molecule has 8 nitrogen and oxygen atoms in total. The van der Waals surface area contributed by atoms with E-state index in [4.69, 9.17) is 4.11 Å². The van der Waals surface area contributed by atoms with E-state index >= 15 is 0 Å². The molecule has 0 saturated heterocycles. The summed E-state index contributed by atoms with van der Waals surface area (Å²) in [7, 11) is 0. The smallest absolute Gasteiger partial charge is 0.336 e. The van der Waals surface area contributed by atoms with Crippen LogP contribution in [-0.2, 0) is 13.1 Å². The molecule has 0 aliphatic heterocycles. The van der Waals surface area contributed by atoms with Crippen molar-refractivity contribution in [3.8, 4) is 0 Å². The van der Waals surface area contributed by atoms with Crippen molar-refractivity contribution >= 4 is 11.6 Å². The van der Waals surface area contributed by atoms with Crippen LogP contribution in [0.5, 0.6) is 0 Å². The molecule has 124 valence electrons. The molecule has 2 aromatic heterocycles. The van der Waals surface area contributed by atoms with E-state index in [2.05, 4.69) is 15.3 Å². The van der Waals surface area contributed by atoms with E-state index in [-0.39, 0.29) is 24.4 Å². The van der Waals surface area contributed by atoms with Crippen molar-refractivity contribution in [2.24, 2.45) is 0 Å². The number of carbonyl (C=O) groups excluding carboxylic acids is 1. The Bertz CT molecular complexity index is 1020. The van der Waals surface area contributed by atoms with E-state index < -0.39 is 25.2 Å². The van der Waals surface area contributed by atoms with Gasteiger partial charge in [0.1, 0.15) is 13.0 Å². The molecule has 2 heterocycles. The lowest BCUT2D eigenvalue weighted by Crippen LogP contribution is -2.31. The zero-order valence-corrected chi connectivity index (χ0v) is 12.5. The fourth-order valence-electron chi connectivity index (χ4n) is 2.17. The number of aromatic nitrogens is 5. The Morgan fingerprint density at radius 1 is 1.38 bits per heavy atom. The van der Waals surface area contributed by atoms with Gasteiger partial charge in [0.05, 0.1) is 6.54 Å². The van der Waals surface area contributed by atoms with Crippen LogP contribution < -0.4 is 5.69 Å². The van der Waals surface area contributed by atoms with E-state index in [0.29, 0.717) is 10.5 Å². The first-order chi connectivity index (χ1) is 12.8. The highest BCUT2D eigenvalue weighted by Crippen LogP contribution is 2.09. The van der Waals surface area contributed by atoms with E-state index in [1.807, 2.05) is 0 Å². The van der Waals surface area contributed by atoms with Crippen LogP contribution in [0.15, 0.2) is 41.5 Å². The standard InChI is InChI=1S/C15H15FN6O2/c1-20(9-11-5-3-2-4-6-11)14(23)12-13-18-19-22(8-7-16)15(24)21(13)10-17-12/h2-6,10H,7-9H2,1H3/i1D3. The zero-order chi connectivity index (χ0) is 19.6. The molecule has 3 rings (SSSR count). The van der Waals surface area contributed by atoms with Gasteiger partial charge in [-0.05, 0) is 5.56 Å². The Balaban J connectivity index is 2.01. The Kier molecular flexibility index (Phi) is 3.38. The number of fused-ring (bicyclic) bond motifs is 1. The normalized spacial score (nSPS) is 13.3. The monoisotopic (exact) mass is 333 g/mol. The highest BCUT2D eigenvalue weighted by molar-refractivity contribution is 5.97. The number of nitrogens with zero attached hydrogens (tertiary/aromatic N) is 6. The van der Waals surface area contributed by atoms with Gasteiger partial charge in [0, 0.05) is 17.6 Å². The minimum Gasteiger partial charge on any atom is -0.336 e. The van der Waals surface area contributed by atoms with Crippen molar-refractivity contribution in [3.05, 3.63) is 58.4 Å². The molecule has 0 unspecified atom stereocenters. The van der Waals surface area contributed by atoms with Crippen LogP contribution in [-0.4, -0.2) is 48.8 Å². The van der Waals surface area contributed by atoms with Crippen molar-refractivity contribution in [1.29, 1.82) is 0 Å². The molecular formula is C15H15FN6O2. The third-order valence-corrected chi connectivity index (χ3v) is 3.34. The molecule has 1 amide bonds. The van der Waals surface area contributed by atoms with E-state index in [1.165, 1.54) is 0 Å². The Labute approximate surface area is 140 Å². The molecule has 0 bridgehead atoms. The summed E-state index contributed by atoms with van der Waals surface area (Å²) in [5.41, 5.74) is -0.629. The fourth-order valence-corrected chi connectivity index (χ4v) is 2.17. The second-order valence-corrected chi connectivity index (χ2v) is 4.95. The van der Waals surface area contributed by atoms with Crippen LogP contribution in [0, 0.1) is 0 Å². The number of benzene rings is 1. The van der Waals surface area contributed by atoms with E-state index in [1.54, 1.807) is 30.3 Å². The first kappa shape index (κ1) is 12.3. The Morgan fingerprint density at radius 2 is 2.17 bits per heavy atom. The zero-order valence-electron chi connectivity index (χ0n) is 15.5. The maximum atomic E-state index is 12.8. The Morgan fingerprint density at radius 3 is 2.88 bits per heavy atom. The summed E-state index contributed by atoms with van der Waals surface area (Å²) < 4.78 is 37.2. The number of rotatable bonds is 5. The molecule has 0 radical (unpaired) electrons. The number of hydrogen-bond acceptors (Lipinski definition) is 5. The van der Waals surface area contributed by atoms with Gasteiger partial charge >= 0.3 is 5.69 Å². The SMILES string of the molecule is [2H]C([2H])([2H])N(Cc1ccccc1)C(=O)c1ncn2c(=O)n(CCF)nnc12. The maximum absolute atomic E-state index is 12.8. The summed E-state index contributed by atoms with van der Waals surface area (Å²) in [6.45, 7) is -4.02.